The molecule has 4 nitrogen and oxygen atoms in total. The lowest BCUT2D eigenvalue weighted by Crippen LogP contribution is -2.17. The van der Waals surface area contributed by atoms with Gasteiger partial charge in [-0.25, -0.2) is 5.43 Å². The Hall–Kier alpha value is -2.62. The first-order valence-electron chi connectivity index (χ1n) is 6.23. The van der Waals surface area contributed by atoms with Crippen molar-refractivity contribution in [1.82, 2.24) is 5.43 Å². The predicted molar refractivity (Wildman–Crippen MR) is 79.2 cm³/mol. The van der Waals surface area contributed by atoms with Crippen LogP contribution in [0.25, 0.3) is 0 Å². The summed E-state index contributed by atoms with van der Waals surface area (Å²) in [5.41, 5.74) is 5.08. The third kappa shape index (κ3) is 3.68. The van der Waals surface area contributed by atoms with Crippen LogP contribution in [0, 0.1) is 6.92 Å². The summed E-state index contributed by atoms with van der Waals surface area (Å²) in [5.74, 6) is 0.556. The molecule has 0 aliphatic carbocycles. The van der Waals surface area contributed by atoms with E-state index in [2.05, 4.69) is 10.5 Å². The SMILES string of the molecule is COc1ccc(/C=N/NC(=O)c2ccc(C)cc2)cc1. The maximum atomic E-state index is 11.8. The molecule has 2 rings (SSSR count). The van der Waals surface area contributed by atoms with E-state index < -0.39 is 0 Å². The van der Waals surface area contributed by atoms with Gasteiger partial charge in [0.25, 0.3) is 5.91 Å². The molecule has 0 spiro atoms. The molecule has 0 aliphatic rings. The van der Waals surface area contributed by atoms with Crippen LogP contribution in [0.1, 0.15) is 21.5 Å². The topological polar surface area (TPSA) is 50.7 Å². The second kappa shape index (κ2) is 6.52. The Bertz CT molecular complexity index is 601. The molecule has 0 unspecified atom stereocenters. The Kier molecular flexibility index (Phi) is 4.50. The molecule has 0 aromatic heterocycles. The standard InChI is InChI=1S/C16H16N2O2/c1-12-3-7-14(8-4-12)16(19)18-17-11-13-5-9-15(20-2)10-6-13/h3-11H,1-2H3,(H,18,19)/b17-11+. The molecule has 0 fully saturated rings. The molecule has 0 radical (unpaired) electrons. The third-order valence-corrected chi connectivity index (χ3v) is 2.81. The fourth-order valence-corrected chi connectivity index (χ4v) is 1.62. The van der Waals surface area contributed by atoms with Crippen LogP contribution in [0.3, 0.4) is 0 Å². The Morgan fingerprint density at radius 1 is 1.10 bits per heavy atom. The van der Waals surface area contributed by atoms with E-state index in [1.165, 1.54) is 0 Å². The molecule has 0 aliphatic heterocycles. The van der Waals surface area contributed by atoms with Gasteiger partial charge in [-0.2, -0.15) is 5.10 Å². The van der Waals surface area contributed by atoms with Gasteiger partial charge in [0.1, 0.15) is 5.75 Å². The average molecular weight is 268 g/mol. The van der Waals surface area contributed by atoms with Crippen LogP contribution in [0.4, 0.5) is 0 Å². The molecule has 0 heterocycles. The number of aryl methyl sites for hydroxylation is 1. The Morgan fingerprint density at radius 3 is 2.35 bits per heavy atom. The van der Waals surface area contributed by atoms with Crippen LogP contribution < -0.4 is 10.2 Å². The van der Waals surface area contributed by atoms with Gasteiger partial charge >= 0.3 is 0 Å². The fraction of sp³-hybridized carbons (Fsp3) is 0.125. The lowest BCUT2D eigenvalue weighted by molar-refractivity contribution is 0.0955. The highest BCUT2D eigenvalue weighted by atomic mass is 16.5. The van der Waals surface area contributed by atoms with Crippen LogP contribution in [0.5, 0.6) is 5.75 Å². The molecule has 1 N–H and O–H groups in total. The van der Waals surface area contributed by atoms with Gasteiger partial charge in [-0.3, -0.25) is 4.79 Å². The number of hydrogen-bond donors (Lipinski definition) is 1. The van der Waals surface area contributed by atoms with Crippen molar-refractivity contribution >= 4 is 12.1 Å². The largest absolute Gasteiger partial charge is 0.497 e. The fourth-order valence-electron chi connectivity index (χ4n) is 1.62. The van der Waals surface area contributed by atoms with Crippen molar-refractivity contribution in [2.75, 3.05) is 7.11 Å². The van der Waals surface area contributed by atoms with Crippen molar-refractivity contribution in [3.05, 3.63) is 65.2 Å². The number of amides is 1. The second-order valence-electron chi connectivity index (χ2n) is 4.34. The minimum absolute atomic E-state index is 0.227. The first kappa shape index (κ1) is 13.8. The summed E-state index contributed by atoms with van der Waals surface area (Å²) in [5, 5.41) is 3.93. The highest BCUT2D eigenvalue weighted by Crippen LogP contribution is 2.09. The van der Waals surface area contributed by atoms with Gasteiger partial charge < -0.3 is 4.74 Å². The minimum atomic E-state index is -0.227. The van der Waals surface area contributed by atoms with E-state index in [1.54, 1.807) is 25.5 Å². The van der Waals surface area contributed by atoms with E-state index in [1.807, 2.05) is 43.3 Å². The van der Waals surface area contributed by atoms with Crippen molar-refractivity contribution in [3.63, 3.8) is 0 Å². The zero-order valence-electron chi connectivity index (χ0n) is 11.5. The highest BCUT2D eigenvalue weighted by molar-refractivity contribution is 5.94. The van der Waals surface area contributed by atoms with Crippen LogP contribution in [0.2, 0.25) is 0 Å². The molecule has 2 aromatic carbocycles. The maximum absolute atomic E-state index is 11.8. The number of carbonyl (C=O) groups is 1. The average Bonchev–Trinajstić information content (AvgIpc) is 2.48. The lowest BCUT2D eigenvalue weighted by atomic mass is 10.1. The zero-order chi connectivity index (χ0) is 14.4. The molecule has 0 saturated heterocycles. The zero-order valence-corrected chi connectivity index (χ0v) is 11.5. The number of nitrogens with one attached hydrogen (secondary N) is 1. The molecular formula is C16H16N2O2. The van der Waals surface area contributed by atoms with Crippen LogP contribution in [-0.2, 0) is 0 Å². The van der Waals surface area contributed by atoms with E-state index in [9.17, 15) is 4.79 Å². The Morgan fingerprint density at radius 2 is 1.75 bits per heavy atom. The van der Waals surface area contributed by atoms with Gasteiger partial charge in [-0.1, -0.05) is 17.7 Å². The smallest absolute Gasteiger partial charge is 0.271 e. The number of hydrogen-bond acceptors (Lipinski definition) is 3. The van der Waals surface area contributed by atoms with E-state index in [0.29, 0.717) is 5.56 Å². The number of methoxy groups -OCH3 is 1. The number of benzene rings is 2. The molecular weight excluding hydrogens is 252 g/mol. The summed E-state index contributed by atoms with van der Waals surface area (Å²) in [6.45, 7) is 1.98. The van der Waals surface area contributed by atoms with Crippen molar-refractivity contribution in [2.45, 2.75) is 6.92 Å². The molecule has 0 bridgehead atoms. The van der Waals surface area contributed by atoms with Gasteiger partial charge in [-0.15, -0.1) is 0 Å². The van der Waals surface area contributed by atoms with Gasteiger partial charge in [0.2, 0.25) is 0 Å². The van der Waals surface area contributed by atoms with Crippen molar-refractivity contribution in [2.24, 2.45) is 5.10 Å². The molecule has 4 heteroatoms. The number of nitrogens with zero attached hydrogens (tertiary/aromatic N) is 1. The first-order valence-corrected chi connectivity index (χ1v) is 6.23. The van der Waals surface area contributed by atoms with Gasteiger partial charge in [-0.05, 0) is 48.9 Å². The third-order valence-electron chi connectivity index (χ3n) is 2.81. The van der Waals surface area contributed by atoms with Crippen molar-refractivity contribution in [1.29, 1.82) is 0 Å². The monoisotopic (exact) mass is 268 g/mol. The summed E-state index contributed by atoms with van der Waals surface area (Å²) >= 11 is 0. The van der Waals surface area contributed by atoms with Crippen LogP contribution >= 0.6 is 0 Å². The molecule has 20 heavy (non-hydrogen) atoms. The summed E-state index contributed by atoms with van der Waals surface area (Å²) in [6.07, 6.45) is 1.59. The summed E-state index contributed by atoms with van der Waals surface area (Å²) in [6, 6.07) is 14.7. The van der Waals surface area contributed by atoms with E-state index in [-0.39, 0.29) is 5.91 Å². The van der Waals surface area contributed by atoms with E-state index in [4.69, 9.17) is 4.74 Å². The number of carbonyl (C=O) groups excluding carboxylic acids is 1. The minimum Gasteiger partial charge on any atom is -0.497 e. The highest BCUT2D eigenvalue weighted by Gasteiger charge is 2.02. The lowest BCUT2D eigenvalue weighted by Gasteiger charge is -2.01. The van der Waals surface area contributed by atoms with Crippen LogP contribution in [0.15, 0.2) is 53.6 Å². The van der Waals surface area contributed by atoms with E-state index in [0.717, 1.165) is 16.9 Å². The number of rotatable bonds is 4. The van der Waals surface area contributed by atoms with Gasteiger partial charge in [0.05, 0.1) is 13.3 Å². The van der Waals surface area contributed by atoms with Crippen LogP contribution in [-0.4, -0.2) is 19.2 Å². The second-order valence-corrected chi connectivity index (χ2v) is 4.34. The predicted octanol–water partition coefficient (Wildman–Crippen LogP) is 2.77. The number of hydrazone groups is 1. The normalized spacial score (nSPS) is 10.5. The van der Waals surface area contributed by atoms with Gasteiger partial charge in [0, 0.05) is 5.56 Å². The Labute approximate surface area is 118 Å². The van der Waals surface area contributed by atoms with E-state index >= 15 is 0 Å². The molecule has 0 atom stereocenters. The molecule has 0 saturated carbocycles. The van der Waals surface area contributed by atoms with Crippen molar-refractivity contribution < 1.29 is 9.53 Å². The molecule has 1 amide bonds. The van der Waals surface area contributed by atoms with Gasteiger partial charge in [0.15, 0.2) is 0 Å². The summed E-state index contributed by atoms with van der Waals surface area (Å²) < 4.78 is 5.07. The quantitative estimate of drug-likeness (QED) is 0.684. The Balaban J connectivity index is 1.95. The summed E-state index contributed by atoms with van der Waals surface area (Å²) in [4.78, 5) is 11.8. The maximum Gasteiger partial charge on any atom is 0.271 e. The first-order chi connectivity index (χ1) is 9.69. The summed E-state index contributed by atoms with van der Waals surface area (Å²) in [7, 11) is 1.62. The molecule has 102 valence electrons. The number of ether oxygens (including phenoxy) is 1. The van der Waals surface area contributed by atoms with Crippen molar-refractivity contribution in [3.8, 4) is 5.75 Å². The molecule has 2 aromatic rings.